The van der Waals surface area contributed by atoms with E-state index >= 15 is 0 Å². The zero-order chi connectivity index (χ0) is 16.8. The molecule has 7 heteroatoms. The van der Waals surface area contributed by atoms with Gasteiger partial charge in [-0.25, -0.2) is 4.68 Å². The van der Waals surface area contributed by atoms with Gasteiger partial charge < -0.3 is 10.6 Å². The smallest absolute Gasteiger partial charge is 0.264 e. The predicted molar refractivity (Wildman–Crippen MR) is 97.2 cm³/mol. The van der Waals surface area contributed by atoms with Crippen molar-refractivity contribution in [2.24, 2.45) is 5.73 Å². The van der Waals surface area contributed by atoms with Gasteiger partial charge in [0.15, 0.2) is 0 Å². The Morgan fingerprint density at radius 3 is 2.79 bits per heavy atom. The van der Waals surface area contributed by atoms with Crippen molar-refractivity contribution < 1.29 is 4.79 Å². The van der Waals surface area contributed by atoms with Crippen LogP contribution in [0.25, 0.3) is 15.9 Å². The molecular weight excluding hydrogens is 344 g/mol. The largest absolute Gasteiger partial charge is 0.336 e. The zero-order valence-electron chi connectivity index (χ0n) is 13.2. The Morgan fingerprint density at radius 1 is 1.38 bits per heavy atom. The number of carbonyl (C=O) groups is 1. The van der Waals surface area contributed by atoms with Crippen LogP contribution in [0.2, 0.25) is 5.02 Å². The Bertz CT molecular complexity index is 915. The van der Waals surface area contributed by atoms with E-state index in [4.69, 9.17) is 17.3 Å². The number of thiophene rings is 1. The summed E-state index contributed by atoms with van der Waals surface area (Å²) >= 11 is 7.44. The van der Waals surface area contributed by atoms with Gasteiger partial charge in [-0.3, -0.25) is 4.79 Å². The van der Waals surface area contributed by atoms with E-state index < -0.39 is 0 Å². The number of halogens is 1. The van der Waals surface area contributed by atoms with Crippen LogP contribution in [-0.4, -0.2) is 39.7 Å². The predicted octanol–water partition coefficient (Wildman–Crippen LogP) is 3.22. The van der Waals surface area contributed by atoms with Gasteiger partial charge in [0.2, 0.25) is 0 Å². The molecule has 2 N–H and O–H groups in total. The van der Waals surface area contributed by atoms with E-state index in [2.05, 4.69) is 5.10 Å². The molecule has 1 fully saturated rings. The van der Waals surface area contributed by atoms with Crippen LogP contribution in [0.5, 0.6) is 0 Å². The van der Waals surface area contributed by atoms with Gasteiger partial charge in [0.25, 0.3) is 5.91 Å². The molecule has 1 atom stereocenters. The fourth-order valence-corrected chi connectivity index (χ4v) is 4.31. The summed E-state index contributed by atoms with van der Waals surface area (Å²) in [6.07, 6.45) is 0.869. The molecule has 0 bridgehead atoms. The fourth-order valence-electron chi connectivity index (χ4n) is 3.04. The first-order valence-corrected chi connectivity index (χ1v) is 9.02. The van der Waals surface area contributed by atoms with Gasteiger partial charge in [0, 0.05) is 29.5 Å². The van der Waals surface area contributed by atoms with Crippen molar-refractivity contribution in [2.75, 3.05) is 13.1 Å². The molecule has 0 unspecified atom stereocenters. The molecular formula is C17H17ClN4OS. The highest BCUT2D eigenvalue weighted by molar-refractivity contribution is 7.20. The minimum Gasteiger partial charge on any atom is -0.336 e. The third-order valence-corrected chi connectivity index (χ3v) is 5.69. The van der Waals surface area contributed by atoms with Crippen molar-refractivity contribution in [1.82, 2.24) is 14.7 Å². The molecule has 1 saturated heterocycles. The lowest BCUT2D eigenvalue weighted by Crippen LogP contribution is -2.31. The van der Waals surface area contributed by atoms with Crippen LogP contribution in [0.1, 0.15) is 21.8 Å². The number of rotatable bonds is 2. The van der Waals surface area contributed by atoms with Crippen LogP contribution in [-0.2, 0) is 0 Å². The average Bonchev–Trinajstić information content (AvgIpc) is 3.25. The fraction of sp³-hybridized carbons (Fsp3) is 0.294. The van der Waals surface area contributed by atoms with Gasteiger partial charge in [0.05, 0.1) is 16.3 Å². The molecule has 124 valence electrons. The number of fused-ring (bicyclic) bond motifs is 1. The lowest BCUT2D eigenvalue weighted by Gasteiger charge is -2.14. The van der Waals surface area contributed by atoms with Gasteiger partial charge in [-0.05, 0) is 43.7 Å². The van der Waals surface area contributed by atoms with Gasteiger partial charge in [-0.15, -0.1) is 11.3 Å². The maximum Gasteiger partial charge on any atom is 0.264 e. The van der Waals surface area contributed by atoms with E-state index in [9.17, 15) is 4.79 Å². The Balaban J connectivity index is 1.74. The van der Waals surface area contributed by atoms with Gasteiger partial charge >= 0.3 is 0 Å². The minimum atomic E-state index is 0.0613. The summed E-state index contributed by atoms with van der Waals surface area (Å²) in [4.78, 5) is 16.2. The van der Waals surface area contributed by atoms with E-state index in [0.717, 1.165) is 39.4 Å². The highest BCUT2D eigenvalue weighted by Gasteiger charge is 2.26. The molecule has 24 heavy (non-hydrogen) atoms. The van der Waals surface area contributed by atoms with Crippen molar-refractivity contribution in [3.63, 3.8) is 0 Å². The number of benzene rings is 1. The first-order valence-electron chi connectivity index (χ1n) is 7.83. The van der Waals surface area contributed by atoms with E-state index in [1.807, 2.05) is 46.8 Å². The third-order valence-electron chi connectivity index (χ3n) is 4.34. The van der Waals surface area contributed by atoms with Crippen molar-refractivity contribution >= 4 is 39.1 Å². The zero-order valence-corrected chi connectivity index (χ0v) is 14.8. The molecule has 0 spiro atoms. The van der Waals surface area contributed by atoms with Crippen molar-refractivity contribution in [2.45, 2.75) is 19.4 Å². The molecule has 0 saturated carbocycles. The molecule has 0 radical (unpaired) electrons. The summed E-state index contributed by atoms with van der Waals surface area (Å²) in [6.45, 7) is 3.33. The molecule has 1 amide bonds. The lowest BCUT2D eigenvalue weighted by molar-refractivity contribution is 0.0795. The molecule has 0 aliphatic carbocycles. The number of likely N-dealkylation sites (tertiary alicyclic amines) is 1. The van der Waals surface area contributed by atoms with E-state index in [0.29, 0.717) is 11.6 Å². The first-order chi connectivity index (χ1) is 11.5. The highest BCUT2D eigenvalue weighted by Crippen LogP contribution is 2.31. The number of nitrogens with zero attached hydrogens (tertiary/aromatic N) is 3. The molecule has 1 aliphatic rings. The summed E-state index contributed by atoms with van der Waals surface area (Å²) < 4.78 is 1.87. The Hall–Kier alpha value is -1.89. The van der Waals surface area contributed by atoms with Crippen LogP contribution in [0.3, 0.4) is 0 Å². The molecule has 3 heterocycles. The van der Waals surface area contributed by atoms with E-state index in [1.165, 1.54) is 11.3 Å². The van der Waals surface area contributed by atoms with Crippen molar-refractivity contribution in [3.8, 4) is 5.69 Å². The Kier molecular flexibility index (Phi) is 3.83. The molecule has 1 aliphatic heterocycles. The van der Waals surface area contributed by atoms with Gasteiger partial charge in [0.1, 0.15) is 4.83 Å². The second kappa shape index (κ2) is 5.88. The van der Waals surface area contributed by atoms with Crippen LogP contribution >= 0.6 is 22.9 Å². The second-order valence-corrected chi connectivity index (χ2v) is 7.57. The number of aryl methyl sites for hydroxylation is 1. The number of aromatic nitrogens is 2. The number of nitrogens with two attached hydrogens (primary N) is 1. The van der Waals surface area contributed by atoms with Gasteiger partial charge in [-0.2, -0.15) is 5.10 Å². The number of hydrogen-bond donors (Lipinski definition) is 1. The summed E-state index contributed by atoms with van der Waals surface area (Å²) in [5.74, 6) is 0.0613. The Morgan fingerprint density at radius 2 is 2.12 bits per heavy atom. The van der Waals surface area contributed by atoms with Crippen LogP contribution < -0.4 is 5.73 Å². The normalized spacial score (nSPS) is 17.8. The molecule has 5 nitrogen and oxygen atoms in total. The maximum atomic E-state index is 12.7. The standard InChI is InChI=1S/C17H17ClN4OS/c1-10-14-8-15(16(23)21-7-6-12(19)9-21)24-17(14)22(20-10)13-4-2-11(18)3-5-13/h2-5,8,12H,6-7,9,19H2,1H3/t12-/m1/s1. The summed E-state index contributed by atoms with van der Waals surface area (Å²) in [7, 11) is 0. The number of hydrogen-bond acceptors (Lipinski definition) is 4. The topological polar surface area (TPSA) is 64.2 Å². The van der Waals surface area contributed by atoms with Crippen LogP contribution in [0.4, 0.5) is 0 Å². The minimum absolute atomic E-state index is 0.0613. The second-order valence-electron chi connectivity index (χ2n) is 6.10. The molecule has 2 aromatic heterocycles. The third kappa shape index (κ3) is 2.60. The van der Waals surface area contributed by atoms with Gasteiger partial charge in [-0.1, -0.05) is 11.6 Å². The first kappa shape index (κ1) is 15.6. The SMILES string of the molecule is Cc1nn(-c2ccc(Cl)cc2)c2sc(C(=O)N3CC[C@@H](N)C3)cc12. The monoisotopic (exact) mass is 360 g/mol. The lowest BCUT2D eigenvalue weighted by atomic mass is 10.3. The number of amides is 1. The van der Waals surface area contributed by atoms with E-state index in [-0.39, 0.29) is 11.9 Å². The highest BCUT2D eigenvalue weighted by atomic mass is 35.5. The molecule has 4 rings (SSSR count). The Labute approximate surface area is 148 Å². The summed E-state index contributed by atoms with van der Waals surface area (Å²) in [5, 5.41) is 6.30. The summed E-state index contributed by atoms with van der Waals surface area (Å²) in [6, 6.07) is 9.57. The molecule has 3 aromatic rings. The number of carbonyl (C=O) groups excluding carboxylic acids is 1. The maximum absolute atomic E-state index is 12.7. The quantitative estimate of drug-likeness (QED) is 0.763. The van der Waals surface area contributed by atoms with Crippen molar-refractivity contribution in [1.29, 1.82) is 0 Å². The van der Waals surface area contributed by atoms with Crippen molar-refractivity contribution in [3.05, 3.63) is 45.9 Å². The molecule has 1 aromatic carbocycles. The van der Waals surface area contributed by atoms with Crippen LogP contribution in [0, 0.1) is 6.92 Å². The van der Waals surface area contributed by atoms with E-state index in [1.54, 1.807) is 0 Å². The summed E-state index contributed by atoms with van der Waals surface area (Å²) in [5.41, 5.74) is 7.76. The average molecular weight is 361 g/mol. The van der Waals surface area contributed by atoms with Crippen LogP contribution in [0.15, 0.2) is 30.3 Å².